The summed E-state index contributed by atoms with van der Waals surface area (Å²) in [6.45, 7) is 1.91. The van der Waals surface area contributed by atoms with Crippen molar-refractivity contribution in [1.29, 1.82) is 0 Å². The molecule has 1 aliphatic carbocycles. The van der Waals surface area contributed by atoms with Crippen LogP contribution >= 0.6 is 11.8 Å². The Morgan fingerprint density at radius 3 is 2.62 bits per heavy atom. The highest BCUT2D eigenvalue weighted by Gasteiger charge is 2.40. The van der Waals surface area contributed by atoms with Crippen LogP contribution in [0.1, 0.15) is 32.6 Å². The van der Waals surface area contributed by atoms with E-state index >= 15 is 0 Å². The Morgan fingerprint density at radius 1 is 1.44 bits per heavy atom. The Labute approximate surface area is 99.4 Å². The van der Waals surface area contributed by atoms with Gasteiger partial charge in [-0.1, -0.05) is 6.42 Å². The molecule has 1 N–H and O–H groups in total. The molecule has 16 heavy (non-hydrogen) atoms. The van der Waals surface area contributed by atoms with Gasteiger partial charge in [-0.05, 0) is 25.7 Å². The highest BCUT2D eigenvalue weighted by molar-refractivity contribution is 8.00. The number of hydrogen-bond acceptors (Lipinski definition) is 3. The fourth-order valence-electron chi connectivity index (χ4n) is 2.26. The molecule has 90 valence electrons. The first kappa shape index (κ1) is 11.8. The van der Waals surface area contributed by atoms with Crippen LogP contribution in [0.15, 0.2) is 0 Å². The zero-order valence-corrected chi connectivity index (χ0v) is 10.2. The summed E-state index contributed by atoms with van der Waals surface area (Å²) in [7, 11) is 0. The average Bonchev–Trinajstić information content (AvgIpc) is 2.53. The van der Waals surface area contributed by atoms with E-state index in [-0.39, 0.29) is 11.3 Å². The minimum absolute atomic E-state index is 0.00803. The quantitative estimate of drug-likeness (QED) is 0.817. The molecule has 0 spiro atoms. The number of carboxylic acid groups (broad SMARTS) is 1. The molecule has 1 saturated heterocycles. The molecule has 4 nitrogen and oxygen atoms in total. The topological polar surface area (TPSA) is 57.6 Å². The lowest BCUT2D eigenvalue weighted by molar-refractivity contribution is -0.149. The molecule has 1 aliphatic heterocycles. The van der Waals surface area contributed by atoms with Gasteiger partial charge in [0.05, 0.1) is 5.37 Å². The zero-order valence-electron chi connectivity index (χ0n) is 9.39. The maximum Gasteiger partial charge on any atom is 0.327 e. The molecule has 0 bridgehead atoms. The van der Waals surface area contributed by atoms with Gasteiger partial charge in [0.1, 0.15) is 6.04 Å². The summed E-state index contributed by atoms with van der Waals surface area (Å²) in [5, 5.41) is 9.06. The van der Waals surface area contributed by atoms with Crippen molar-refractivity contribution in [3.05, 3.63) is 0 Å². The van der Waals surface area contributed by atoms with Gasteiger partial charge >= 0.3 is 5.97 Å². The fraction of sp³-hybridized carbons (Fsp3) is 0.818. The third-order valence-electron chi connectivity index (χ3n) is 3.48. The summed E-state index contributed by atoms with van der Waals surface area (Å²) in [4.78, 5) is 24.6. The molecule has 2 aliphatic rings. The molecule has 2 atom stereocenters. The van der Waals surface area contributed by atoms with E-state index in [0.29, 0.717) is 18.1 Å². The highest BCUT2D eigenvalue weighted by atomic mass is 32.2. The van der Waals surface area contributed by atoms with Crippen LogP contribution in [-0.2, 0) is 9.59 Å². The SMILES string of the molecule is CC1SCC(C(=O)O)N1C(=O)CC1CCC1. The second kappa shape index (κ2) is 4.65. The Kier molecular flexibility index (Phi) is 3.42. The number of nitrogens with zero attached hydrogens (tertiary/aromatic N) is 1. The number of aliphatic carboxylic acids is 1. The standard InChI is InChI=1S/C11H17NO3S/c1-7-12(9(6-16-7)11(14)15)10(13)5-8-3-2-4-8/h7-9H,2-6H2,1H3,(H,14,15). The maximum atomic E-state index is 12.0. The predicted octanol–water partition coefficient (Wildman–Crippen LogP) is 1.55. The summed E-state index contributed by atoms with van der Waals surface area (Å²) in [6, 6.07) is -0.618. The third-order valence-corrected chi connectivity index (χ3v) is 4.70. The van der Waals surface area contributed by atoms with Gasteiger partial charge in [-0.3, -0.25) is 4.79 Å². The van der Waals surface area contributed by atoms with Crippen LogP contribution in [0, 0.1) is 5.92 Å². The second-order valence-corrected chi connectivity index (χ2v) is 5.94. The lowest BCUT2D eigenvalue weighted by Crippen LogP contribution is -2.45. The molecule has 0 aromatic carbocycles. The Bertz CT molecular complexity index is 304. The monoisotopic (exact) mass is 243 g/mol. The van der Waals surface area contributed by atoms with E-state index in [9.17, 15) is 9.59 Å². The van der Waals surface area contributed by atoms with Crippen molar-refractivity contribution >= 4 is 23.6 Å². The Balaban J connectivity index is 1.98. The number of amides is 1. The number of hydrogen-bond donors (Lipinski definition) is 1. The molecule has 0 aromatic rings. The van der Waals surface area contributed by atoms with Gasteiger partial charge in [-0.25, -0.2) is 4.79 Å². The van der Waals surface area contributed by atoms with Gasteiger partial charge in [-0.2, -0.15) is 0 Å². The number of rotatable bonds is 3. The van der Waals surface area contributed by atoms with E-state index in [4.69, 9.17) is 5.11 Å². The normalized spacial score (nSPS) is 30.2. The second-order valence-electron chi connectivity index (χ2n) is 4.59. The number of carboxylic acids is 1. The van der Waals surface area contributed by atoms with Crippen molar-refractivity contribution in [2.75, 3.05) is 5.75 Å². The number of thioether (sulfide) groups is 1. The van der Waals surface area contributed by atoms with Crippen molar-refractivity contribution < 1.29 is 14.7 Å². The van der Waals surface area contributed by atoms with E-state index in [1.165, 1.54) is 6.42 Å². The molecule has 1 saturated carbocycles. The predicted molar refractivity (Wildman–Crippen MR) is 62.1 cm³/mol. The van der Waals surface area contributed by atoms with Crippen molar-refractivity contribution in [2.24, 2.45) is 5.92 Å². The van der Waals surface area contributed by atoms with E-state index in [0.717, 1.165) is 12.8 Å². The van der Waals surface area contributed by atoms with E-state index in [2.05, 4.69) is 0 Å². The minimum atomic E-state index is -0.876. The Hall–Kier alpha value is -0.710. The fourth-order valence-corrected chi connectivity index (χ4v) is 3.45. The van der Waals surface area contributed by atoms with Crippen molar-refractivity contribution in [3.63, 3.8) is 0 Å². The summed E-state index contributed by atoms with van der Waals surface area (Å²) >= 11 is 1.55. The molecule has 2 fully saturated rings. The van der Waals surface area contributed by atoms with Gasteiger partial charge in [0.15, 0.2) is 0 Å². The third kappa shape index (κ3) is 2.19. The first-order valence-corrected chi connectivity index (χ1v) is 6.80. The molecule has 2 rings (SSSR count). The zero-order chi connectivity index (χ0) is 11.7. The molecule has 2 unspecified atom stereocenters. The summed E-state index contributed by atoms with van der Waals surface area (Å²) in [5.41, 5.74) is 0. The number of carbonyl (C=O) groups excluding carboxylic acids is 1. The first-order valence-electron chi connectivity index (χ1n) is 5.75. The molecule has 0 radical (unpaired) electrons. The van der Waals surface area contributed by atoms with E-state index in [1.54, 1.807) is 16.7 Å². The van der Waals surface area contributed by atoms with Gasteiger partial charge < -0.3 is 10.0 Å². The van der Waals surface area contributed by atoms with E-state index < -0.39 is 12.0 Å². The molecule has 5 heteroatoms. The minimum Gasteiger partial charge on any atom is -0.480 e. The maximum absolute atomic E-state index is 12.0. The lowest BCUT2D eigenvalue weighted by atomic mass is 9.82. The van der Waals surface area contributed by atoms with Crippen LogP contribution < -0.4 is 0 Å². The van der Waals surface area contributed by atoms with Crippen LogP contribution in [-0.4, -0.2) is 39.1 Å². The van der Waals surface area contributed by atoms with Gasteiger partial charge in [0.25, 0.3) is 0 Å². The number of carbonyl (C=O) groups is 2. The smallest absolute Gasteiger partial charge is 0.327 e. The molecule has 1 amide bonds. The van der Waals surface area contributed by atoms with Gasteiger partial charge in [0, 0.05) is 12.2 Å². The summed E-state index contributed by atoms with van der Waals surface area (Å²) in [6.07, 6.45) is 4.00. The van der Waals surface area contributed by atoms with Crippen LogP contribution in [0.2, 0.25) is 0 Å². The summed E-state index contributed by atoms with van der Waals surface area (Å²) in [5.74, 6) is 0.167. The average molecular weight is 243 g/mol. The van der Waals surface area contributed by atoms with Gasteiger partial charge in [-0.15, -0.1) is 11.8 Å². The molecule has 1 heterocycles. The van der Waals surface area contributed by atoms with Crippen LogP contribution in [0.25, 0.3) is 0 Å². The molecule has 0 aromatic heterocycles. The van der Waals surface area contributed by atoms with Gasteiger partial charge in [0.2, 0.25) is 5.91 Å². The highest BCUT2D eigenvalue weighted by Crippen LogP contribution is 2.34. The van der Waals surface area contributed by atoms with Crippen LogP contribution in [0.3, 0.4) is 0 Å². The Morgan fingerprint density at radius 2 is 2.12 bits per heavy atom. The van der Waals surface area contributed by atoms with Crippen LogP contribution in [0.4, 0.5) is 0 Å². The lowest BCUT2D eigenvalue weighted by Gasteiger charge is -2.30. The first-order chi connectivity index (χ1) is 7.59. The largest absolute Gasteiger partial charge is 0.480 e. The van der Waals surface area contributed by atoms with E-state index in [1.807, 2.05) is 6.92 Å². The summed E-state index contributed by atoms with van der Waals surface area (Å²) < 4.78 is 0. The van der Waals surface area contributed by atoms with Crippen LogP contribution in [0.5, 0.6) is 0 Å². The van der Waals surface area contributed by atoms with Crippen molar-refractivity contribution in [1.82, 2.24) is 4.90 Å². The van der Waals surface area contributed by atoms with Crippen molar-refractivity contribution in [2.45, 2.75) is 44.0 Å². The van der Waals surface area contributed by atoms with Crippen molar-refractivity contribution in [3.8, 4) is 0 Å². The molecular weight excluding hydrogens is 226 g/mol. The molecular formula is C11H17NO3S.